The SMILES string of the molecule is Cc1cccc(CNc2ncc(-c3cccc([N+](=O)[O-])c3)n2C)c1.O=C(O)C(=O)O. The number of carboxylic acids is 2. The molecule has 10 nitrogen and oxygen atoms in total. The van der Waals surface area contributed by atoms with Gasteiger partial charge in [-0.05, 0) is 12.5 Å². The molecule has 1 heterocycles. The van der Waals surface area contributed by atoms with Crippen LogP contribution in [0.1, 0.15) is 11.1 Å². The third-order valence-electron chi connectivity index (χ3n) is 4.06. The number of non-ortho nitro benzene ring substituents is 1. The van der Waals surface area contributed by atoms with Gasteiger partial charge < -0.3 is 20.1 Å². The molecule has 156 valence electrons. The lowest BCUT2D eigenvalue weighted by molar-refractivity contribution is -0.384. The molecule has 2 aromatic carbocycles. The predicted molar refractivity (Wildman–Crippen MR) is 109 cm³/mol. The van der Waals surface area contributed by atoms with E-state index in [2.05, 4.69) is 35.4 Å². The maximum absolute atomic E-state index is 10.9. The first-order valence-corrected chi connectivity index (χ1v) is 8.71. The summed E-state index contributed by atoms with van der Waals surface area (Å²) >= 11 is 0. The molecule has 0 aliphatic heterocycles. The molecule has 0 atom stereocenters. The topological polar surface area (TPSA) is 148 Å². The highest BCUT2D eigenvalue weighted by Gasteiger charge is 2.12. The summed E-state index contributed by atoms with van der Waals surface area (Å²) in [6.07, 6.45) is 1.72. The van der Waals surface area contributed by atoms with Crippen LogP contribution < -0.4 is 5.32 Å². The molecule has 0 unspecified atom stereocenters. The van der Waals surface area contributed by atoms with Gasteiger partial charge in [0.25, 0.3) is 5.69 Å². The first-order chi connectivity index (χ1) is 14.2. The second-order valence-electron chi connectivity index (χ2n) is 6.29. The number of hydrogen-bond donors (Lipinski definition) is 3. The number of benzene rings is 2. The largest absolute Gasteiger partial charge is 0.473 e. The number of rotatable bonds is 5. The van der Waals surface area contributed by atoms with E-state index >= 15 is 0 Å². The Morgan fingerprint density at radius 1 is 1.13 bits per heavy atom. The van der Waals surface area contributed by atoms with Crippen molar-refractivity contribution in [2.45, 2.75) is 13.5 Å². The van der Waals surface area contributed by atoms with Crippen LogP contribution in [0.4, 0.5) is 11.6 Å². The fourth-order valence-electron chi connectivity index (χ4n) is 2.62. The lowest BCUT2D eigenvalue weighted by Crippen LogP contribution is -2.09. The Hall–Kier alpha value is -4.21. The molecule has 0 radical (unpaired) electrons. The molecule has 0 aliphatic rings. The average Bonchev–Trinajstić information content (AvgIpc) is 3.07. The van der Waals surface area contributed by atoms with Gasteiger partial charge in [-0.3, -0.25) is 10.1 Å². The molecule has 1 aromatic heterocycles. The van der Waals surface area contributed by atoms with Crippen molar-refractivity contribution in [1.29, 1.82) is 0 Å². The van der Waals surface area contributed by atoms with Crippen molar-refractivity contribution in [3.05, 3.63) is 76.0 Å². The number of aromatic nitrogens is 2. The predicted octanol–water partition coefficient (Wildman–Crippen LogP) is 3.07. The van der Waals surface area contributed by atoms with E-state index in [0.717, 1.165) is 17.2 Å². The Morgan fingerprint density at radius 3 is 2.40 bits per heavy atom. The number of nitro groups is 1. The average molecular weight is 412 g/mol. The molecular formula is C20H20N4O6. The molecule has 0 bridgehead atoms. The molecule has 3 N–H and O–H groups in total. The number of hydrogen-bond acceptors (Lipinski definition) is 6. The van der Waals surface area contributed by atoms with E-state index in [9.17, 15) is 10.1 Å². The molecule has 30 heavy (non-hydrogen) atoms. The van der Waals surface area contributed by atoms with Crippen LogP contribution in [0, 0.1) is 17.0 Å². The highest BCUT2D eigenvalue weighted by atomic mass is 16.6. The summed E-state index contributed by atoms with van der Waals surface area (Å²) in [5, 5.41) is 29.0. The summed E-state index contributed by atoms with van der Waals surface area (Å²) in [6.45, 7) is 2.73. The summed E-state index contributed by atoms with van der Waals surface area (Å²) in [5.41, 5.74) is 4.05. The van der Waals surface area contributed by atoms with Gasteiger partial charge >= 0.3 is 11.9 Å². The standard InChI is InChI=1S/C18H18N4O2.C2H2O4/c1-13-5-3-6-14(9-13)11-19-18-20-12-17(21(18)2)15-7-4-8-16(10-15)22(23)24;3-1(4)2(5)6/h3-10,12H,11H2,1-2H3,(H,19,20);(H,3,4)(H,5,6). The number of nitrogens with zero attached hydrogens (tertiary/aromatic N) is 3. The number of imidazole rings is 1. The summed E-state index contributed by atoms with van der Waals surface area (Å²) in [7, 11) is 1.89. The van der Waals surface area contributed by atoms with Crippen molar-refractivity contribution in [2.75, 3.05) is 5.32 Å². The van der Waals surface area contributed by atoms with Crippen molar-refractivity contribution in [2.24, 2.45) is 7.05 Å². The molecule has 0 fully saturated rings. The molecule has 10 heteroatoms. The van der Waals surface area contributed by atoms with Crippen molar-refractivity contribution in [3.8, 4) is 11.3 Å². The third-order valence-corrected chi connectivity index (χ3v) is 4.06. The zero-order chi connectivity index (χ0) is 22.3. The minimum atomic E-state index is -1.82. The number of nitro benzene ring substituents is 1. The number of carboxylic acid groups (broad SMARTS) is 2. The maximum atomic E-state index is 10.9. The van der Waals surface area contributed by atoms with Gasteiger partial charge in [0, 0.05) is 31.3 Å². The highest BCUT2D eigenvalue weighted by molar-refractivity contribution is 6.27. The minimum Gasteiger partial charge on any atom is -0.473 e. The lowest BCUT2D eigenvalue weighted by atomic mass is 10.1. The second-order valence-corrected chi connectivity index (χ2v) is 6.29. The van der Waals surface area contributed by atoms with E-state index in [1.54, 1.807) is 18.3 Å². The van der Waals surface area contributed by atoms with E-state index in [1.165, 1.54) is 17.2 Å². The third kappa shape index (κ3) is 5.89. The summed E-state index contributed by atoms with van der Waals surface area (Å²) in [5.74, 6) is -2.93. The quantitative estimate of drug-likeness (QED) is 0.329. The van der Waals surface area contributed by atoms with Crippen molar-refractivity contribution < 1.29 is 24.7 Å². The monoisotopic (exact) mass is 412 g/mol. The molecule has 0 spiro atoms. The highest BCUT2D eigenvalue weighted by Crippen LogP contribution is 2.25. The van der Waals surface area contributed by atoms with Crippen molar-refractivity contribution >= 4 is 23.6 Å². The van der Waals surface area contributed by atoms with E-state index in [4.69, 9.17) is 19.8 Å². The number of aliphatic carboxylic acids is 2. The fourth-order valence-corrected chi connectivity index (χ4v) is 2.62. The van der Waals surface area contributed by atoms with Crippen LogP contribution in [0.2, 0.25) is 0 Å². The van der Waals surface area contributed by atoms with E-state index in [0.29, 0.717) is 6.54 Å². The Labute approximate surface area is 171 Å². The van der Waals surface area contributed by atoms with Crippen LogP contribution in [-0.2, 0) is 23.2 Å². The molecule has 0 aliphatic carbocycles. The van der Waals surface area contributed by atoms with Gasteiger partial charge in [-0.1, -0.05) is 42.0 Å². The van der Waals surface area contributed by atoms with Crippen LogP contribution in [0.25, 0.3) is 11.3 Å². The van der Waals surface area contributed by atoms with Crippen molar-refractivity contribution in [3.63, 3.8) is 0 Å². The molecule has 0 saturated heterocycles. The van der Waals surface area contributed by atoms with E-state index in [1.807, 2.05) is 23.7 Å². The van der Waals surface area contributed by atoms with Crippen LogP contribution in [0.15, 0.2) is 54.7 Å². The molecule has 3 rings (SSSR count). The molecular weight excluding hydrogens is 392 g/mol. The number of carbonyl (C=O) groups is 2. The first-order valence-electron chi connectivity index (χ1n) is 8.71. The van der Waals surface area contributed by atoms with Crippen LogP contribution in [-0.4, -0.2) is 36.6 Å². The normalized spacial score (nSPS) is 9.93. The summed E-state index contributed by atoms with van der Waals surface area (Å²) in [4.78, 5) is 33.1. The second kappa shape index (κ2) is 9.82. The number of aryl methyl sites for hydroxylation is 1. The van der Waals surface area contributed by atoms with Crippen LogP contribution in [0.3, 0.4) is 0 Å². The van der Waals surface area contributed by atoms with Gasteiger partial charge in [0.05, 0.1) is 16.8 Å². The summed E-state index contributed by atoms with van der Waals surface area (Å²) in [6, 6.07) is 14.8. The minimum absolute atomic E-state index is 0.0722. The Kier molecular flexibility index (Phi) is 7.23. The lowest BCUT2D eigenvalue weighted by Gasteiger charge is -2.09. The van der Waals surface area contributed by atoms with Gasteiger partial charge in [-0.2, -0.15) is 0 Å². The van der Waals surface area contributed by atoms with Gasteiger partial charge in [-0.25, -0.2) is 14.6 Å². The first kappa shape index (κ1) is 22.1. The zero-order valence-electron chi connectivity index (χ0n) is 16.3. The van der Waals surface area contributed by atoms with Gasteiger partial charge in [0.15, 0.2) is 0 Å². The molecule has 0 saturated carbocycles. The maximum Gasteiger partial charge on any atom is 0.414 e. The van der Waals surface area contributed by atoms with Gasteiger partial charge in [-0.15, -0.1) is 0 Å². The van der Waals surface area contributed by atoms with Gasteiger partial charge in [0.1, 0.15) is 0 Å². The zero-order valence-corrected chi connectivity index (χ0v) is 16.3. The molecule has 0 amide bonds. The summed E-state index contributed by atoms with van der Waals surface area (Å²) < 4.78 is 1.90. The smallest absolute Gasteiger partial charge is 0.414 e. The Bertz CT molecular complexity index is 1060. The Balaban J connectivity index is 0.000000469. The Morgan fingerprint density at radius 2 is 1.80 bits per heavy atom. The van der Waals surface area contributed by atoms with Crippen molar-refractivity contribution in [1.82, 2.24) is 9.55 Å². The molecule has 3 aromatic rings. The number of anilines is 1. The number of nitrogens with one attached hydrogen (secondary N) is 1. The van der Waals surface area contributed by atoms with E-state index < -0.39 is 16.9 Å². The van der Waals surface area contributed by atoms with Crippen LogP contribution >= 0.6 is 0 Å². The fraction of sp³-hybridized carbons (Fsp3) is 0.150. The van der Waals surface area contributed by atoms with Crippen LogP contribution in [0.5, 0.6) is 0 Å². The van der Waals surface area contributed by atoms with E-state index in [-0.39, 0.29) is 5.69 Å². The van der Waals surface area contributed by atoms with Gasteiger partial charge in [0.2, 0.25) is 5.95 Å².